The van der Waals surface area contributed by atoms with Gasteiger partial charge in [0.25, 0.3) is 11.8 Å². The van der Waals surface area contributed by atoms with Crippen molar-refractivity contribution < 1.29 is 9.59 Å². The molecule has 6 nitrogen and oxygen atoms in total. The maximum absolute atomic E-state index is 12.3. The fraction of sp³-hybridized carbons (Fsp3) is 0.231. The molecule has 0 unspecified atom stereocenters. The lowest BCUT2D eigenvalue weighted by molar-refractivity contribution is 0.100. The molecule has 110 valence electrons. The summed E-state index contributed by atoms with van der Waals surface area (Å²) in [5.41, 5.74) is 5.55. The molecule has 8 heteroatoms. The quantitative estimate of drug-likeness (QED) is 0.903. The number of carbonyl (C=O) groups is 2. The molecule has 2 aromatic heterocycles. The van der Waals surface area contributed by atoms with Gasteiger partial charge in [0.1, 0.15) is 10.8 Å². The van der Waals surface area contributed by atoms with Crippen LogP contribution in [-0.2, 0) is 0 Å². The average molecular weight is 325 g/mol. The molecule has 0 atom stereocenters. The van der Waals surface area contributed by atoms with Crippen LogP contribution in [0.5, 0.6) is 0 Å². The van der Waals surface area contributed by atoms with Crippen LogP contribution in [0.1, 0.15) is 46.4 Å². The van der Waals surface area contributed by atoms with Crippen molar-refractivity contribution in [2.45, 2.75) is 19.8 Å². The number of nitrogens with two attached hydrogens (primary N) is 1. The minimum absolute atomic E-state index is 0.0664. The smallest absolute Gasteiger partial charge is 0.276 e. The zero-order valence-corrected chi connectivity index (χ0v) is 13.0. The predicted octanol–water partition coefficient (Wildman–Crippen LogP) is 2.67. The number of anilines is 1. The lowest BCUT2D eigenvalue weighted by Gasteiger charge is -2.08. The molecule has 0 bridgehead atoms. The molecule has 2 amide bonds. The van der Waals surface area contributed by atoms with Crippen LogP contribution >= 0.6 is 22.9 Å². The Kier molecular flexibility index (Phi) is 4.54. The van der Waals surface area contributed by atoms with Gasteiger partial charge in [0.05, 0.1) is 16.8 Å². The number of nitrogens with one attached hydrogen (secondary N) is 1. The van der Waals surface area contributed by atoms with E-state index in [1.54, 1.807) is 11.4 Å². The van der Waals surface area contributed by atoms with E-state index in [1.807, 2.05) is 13.8 Å². The van der Waals surface area contributed by atoms with Crippen LogP contribution in [-0.4, -0.2) is 21.8 Å². The highest BCUT2D eigenvalue weighted by Crippen LogP contribution is 2.24. The van der Waals surface area contributed by atoms with Crippen LogP contribution in [0, 0.1) is 0 Å². The van der Waals surface area contributed by atoms with Crippen molar-refractivity contribution in [3.63, 3.8) is 0 Å². The van der Waals surface area contributed by atoms with Gasteiger partial charge in [0, 0.05) is 5.92 Å². The lowest BCUT2D eigenvalue weighted by atomic mass is 10.2. The Morgan fingerprint density at radius 2 is 2.14 bits per heavy atom. The number of hydrogen-bond acceptors (Lipinski definition) is 5. The molecule has 2 rings (SSSR count). The van der Waals surface area contributed by atoms with E-state index in [-0.39, 0.29) is 22.2 Å². The van der Waals surface area contributed by atoms with E-state index < -0.39 is 11.8 Å². The summed E-state index contributed by atoms with van der Waals surface area (Å²) in [5, 5.41) is 4.78. The van der Waals surface area contributed by atoms with E-state index in [4.69, 9.17) is 17.3 Å². The first-order chi connectivity index (χ1) is 9.90. The second kappa shape index (κ2) is 6.19. The Balaban J connectivity index is 2.30. The van der Waals surface area contributed by atoms with E-state index in [0.29, 0.717) is 10.8 Å². The maximum Gasteiger partial charge on any atom is 0.276 e. The van der Waals surface area contributed by atoms with Gasteiger partial charge in [-0.25, -0.2) is 9.97 Å². The number of carbonyl (C=O) groups excluding carboxylic acids is 2. The highest BCUT2D eigenvalue weighted by Gasteiger charge is 2.18. The number of aromatic nitrogens is 2. The van der Waals surface area contributed by atoms with Crippen molar-refractivity contribution >= 4 is 39.8 Å². The molecule has 2 aromatic rings. The second-order valence-electron chi connectivity index (χ2n) is 4.56. The Hall–Kier alpha value is -1.99. The van der Waals surface area contributed by atoms with Crippen LogP contribution in [0.25, 0.3) is 0 Å². The minimum atomic E-state index is -0.608. The van der Waals surface area contributed by atoms with Gasteiger partial charge >= 0.3 is 0 Å². The van der Waals surface area contributed by atoms with E-state index >= 15 is 0 Å². The summed E-state index contributed by atoms with van der Waals surface area (Å²) in [7, 11) is 0. The molecule has 0 spiro atoms. The molecule has 0 aliphatic rings. The molecule has 0 aromatic carbocycles. The minimum Gasteiger partial charge on any atom is -0.366 e. The number of amides is 2. The summed E-state index contributed by atoms with van der Waals surface area (Å²) in [6, 6.07) is 1.55. The molecule has 0 saturated carbocycles. The van der Waals surface area contributed by atoms with Crippen molar-refractivity contribution in [3.8, 4) is 0 Å². The van der Waals surface area contributed by atoms with Crippen molar-refractivity contribution in [1.82, 2.24) is 9.97 Å². The fourth-order valence-corrected chi connectivity index (χ4v) is 2.54. The molecule has 0 radical (unpaired) electrons. The second-order valence-corrected chi connectivity index (χ2v) is 5.88. The first kappa shape index (κ1) is 15.4. The molecule has 0 aliphatic heterocycles. The zero-order chi connectivity index (χ0) is 15.6. The third-order valence-corrected chi connectivity index (χ3v) is 3.76. The molecular formula is C13H13ClN4O2S. The first-order valence-electron chi connectivity index (χ1n) is 6.11. The third-order valence-electron chi connectivity index (χ3n) is 2.65. The van der Waals surface area contributed by atoms with E-state index in [2.05, 4.69) is 15.3 Å². The number of nitrogens with zero attached hydrogens (tertiary/aromatic N) is 2. The largest absolute Gasteiger partial charge is 0.366 e. The molecule has 2 heterocycles. The standard InChI is InChI=1S/C13H13ClN4O2S/c1-6(2)11-16-5-8(14)9(17-11)12(20)18-13-7(10(15)19)3-4-21-13/h3-6H,1-2H3,(H2,15,19)(H,18,20). The van der Waals surface area contributed by atoms with Crippen molar-refractivity contribution in [3.05, 3.63) is 39.7 Å². The molecule has 0 saturated heterocycles. The van der Waals surface area contributed by atoms with Crippen molar-refractivity contribution in [1.29, 1.82) is 0 Å². The normalized spacial score (nSPS) is 10.7. The number of thiophene rings is 1. The third kappa shape index (κ3) is 3.37. The molecule has 0 aliphatic carbocycles. The van der Waals surface area contributed by atoms with Crippen LogP contribution in [0.3, 0.4) is 0 Å². The summed E-state index contributed by atoms with van der Waals surface area (Å²) in [5.74, 6) is -0.528. The van der Waals surface area contributed by atoms with Crippen LogP contribution < -0.4 is 11.1 Å². The summed E-state index contributed by atoms with van der Waals surface area (Å²) in [4.78, 5) is 31.7. The highest BCUT2D eigenvalue weighted by atomic mass is 35.5. The summed E-state index contributed by atoms with van der Waals surface area (Å²) >= 11 is 7.16. The summed E-state index contributed by atoms with van der Waals surface area (Å²) < 4.78 is 0. The number of hydrogen-bond donors (Lipinski definition) is 2. The first-order valence-corrected chi connectivity index (χ1v) is 7.37. The Morgan fingerprint density at radius 3 is 2.76 bits per heavy atom. The van der Waals surface area contributed by atoms with Crippen LogP contribution in [0.2, 0.25) is 5.02 Å². The van der Waals surface area contributed by atoms with Gasteiger partial charge in [-0.15, -0.1) is 11.3 Å². The Labute approximate surface area is 130 Å². The lowest BCUT2D eigenvalue weighted by Crippen LogP contribution is -2.18. The van der Waals surface area contributed by atoms with Gasteiger partial charge in [0.2, 0.25) is 0 Å². The molecule has 0 fully saturated rings. The van der Waals surface area contributed by atoms with Gasteiger partial charge < -0.3 is 11.1 Å². The fourth-order valence-electron chi connectivity index (χ4n) is 1.58. The highest BCUT2D eigenvalue weighted by molar-refractivity contribution is 7.14. The van der Waals surface area contributed by atoms with E-state index in [1.165, 1.54) is 17.5 Å². The van der Waals surface area contributed by atoms with Gasteiger partial charge in [0.15, 0.2) is 5.69 Å². The van der Waals surface area contributed by atoms with E-state index in [9.17, 15) is 9.59 Å². The molecule has 3 N–H and O–H groups in total. The average Bonchev–Trinajstić information content (AvgIpc) is 2.87. The summed E-state index contributed by atoms with van der Waals surface area (Å²) in [6.45, 7) is 3.82. The Bertz CT molecular complexity index is 699. The zero-order valence-electron chi connectivity index (χ0n) is 11.4. The molecule has 21 heavy (non-hydrogen) atoms. The number of primary amides is 1. The Morgan fingerprint density at radius 1 is 1.43 bits per heavy atom. The number of rotatable bonds is 4. The SMILES string of the molecule is CC(C)c1ncc(Cl)c(C(=O)Nc2sccc2C(N)=O)n1. The summed E-state index contributed by atoms with van der Waals surface area (Å²) in [6.07, 6.45) is 1.39. The monoisotopic (exact) mass is 324 g/mol. The van der Waals surface area contributed by atoms with Gasteiger partial charge in [-0.05, 0) is 11.4 Å². The van der Waals surface area contributed by atoms with Gasteiger partial charge in [-0.3, -0.25) is 9.59 Å². The number of halogens is 1. The van der Waals surface area contributed by atoms with Gasteiger partial charge in [-0.2, -0.15) is 0 Å². The van der Waals surface area contributed by atoms with Crippen molar-refractivity contribution in [2.75, 3.05) is 5.32 Å². The van der Waals surface area contributed by atoms with Gasteiger partial charge in [-0.1, -0.05) is 25.4 Å². The topological polar surface area (TPSA) is 98.0 Å². The van der Waals surface area contributed by atoms with Crippen LogP contribution in [0.4, 0.5) is 5.00 Å². The van der Waals surface area contributed by atoms with E-state index in [0.717, 1.165) is 0 Å². The maximum atomic E-state index is 12.3. The predicted molar refractivity (Wildman–Crippen MR) is 81.9 cm³/mol. The molecular weight excluding hydrogens is 312 g/mol. The van der Waals surface area contributed by atoms with Crippen LogP contribution in [0.15, 0.2) is 17.6 Å². The van der Waals surface area contributed by atoms with Crippen molar-refractivity contribution in [2.24, 2.45) is 5.73 Å².